The fourth-order valence-electron chi connectivity index (χ4n) is 3.67. The summed E-state index contributed by atoms with van der Waals surface area (Å²) in [5, 5.41) is 0. The van der Waals surface area contributed by atoms with Gasteiger partial charge in [-0.3, -0.25) is 0 Å². The maximum absolute atomic E-state index is 4.89. The summed E-state index contributed by atoms with van der Waals surface area (Å²) in [6.45, 7) is 0. The summed E-state index contributed by atoms with van der Waals surface area (Å²) in [5.41, 5.74) is 5.46. The van der Waals surface area contributed by atoms with Crippen LogP contribution in [0.4, 0.5) is 0 Å². The standard InChI is InChI=1S/C24H20.2ClH.Ti/c1-3-11-19(12-4-1)23(21-15-7-8-16-21)24(22-17-9-10-18-22)20-13-5-2-6-14-20;;;/h1-18,23-24H;2*1H;/q-6;;;+2/p-2. The molecule has 0 fully saturated rings. The largest absolute Gasteiger partial charge is 0.748 e. The van der Waals surface area contributed by atoms with Crippen LogP contribution in [0.3, 0.4) is 0 Å². The monoisotopic (exact) mass is 426 g/mol. The van der Waals surface area contributed by atoms with Gasteiger partial charge in [-0.1, -0.05) is 77.7 Å². The van der Waals surface area contributed by atoms with Gasteiger partial charge in [0, 0.05) is 0 Å². The van der Waals surface area contributed by atoms with Crippen LogP contribution in [-0.4, -0.2) is 0 Å². The van der Waals surface area contributed by atoms with Crippen molar-refractivity contribution < 1.29 is 17.0 Å². The van der Waals surface area contributed by atoms with E-state index in [1.54, 1.807) is 0 Å². The van der Waals surface area contributed by atoms with Crippen molar-refractivity contribution in [1.82, 2.24) is 0 Å². The van der Waals surface area contributed by atoms with Crippen molar-refractivity contribution in [2.75, 3.05) is 0 Å². The minimum atomic E-state index is -0.556. The quantitative estimate of drug-likeness (QED) is 0.229. The van der Waals surface area contributed by atoms with Gasteiger partial charge in [0.2, 0.25) is 0 Å². The Hall–Kier alpha value is -1.57. The average molecular weight is 427 g/mol. The number of benzene rings is 2. The van der Waals surface area contributed by atoms with Crippen molar-refractivity contribution in [2.24, 2.45) is 0 Å². The smallest absolute Gasteiger partial charge is 0.0540 e. The second-order valence-electron chi connectivity index (χ2n) is 6.28. The fourth-order valence-corrected chi connectivity index (χ4v) is 3.67. The maximum Gasteiger partial charge on any atom is -0.0540 e. The summed E-state index contributed by atoms with van der Waals surface area (Å²) in [6.07, 6.45) is 0. The predicted octanol–water partition coefficient (Wildman–Crippen LogP) is 7.46. The molecule has 0 aliphatic heterocycles. The van der Waals surface area contributed by atoms with Gasteiger partial charge < -0.3 is 29.8 Å². The molecule has 3 heteroatoms. The first-order valence-corrected chi connectivity index (χ1v) is 13.1. The zero-order valence-corrected chi connectivity index (χ0v) is 17.9. The molecule has 4 aromatic rings. The molecule has 0 aliphatic rings. The van der Waals surface area contributed by atoms with E-state index in [2.05, 4.69) is 109 Å². The van der Waals surface area contributed by atoms with Gasteiger partial charge in [0.05, 0.1) is 0 Å². The first kappa shape index (κ1) is 20.2. The first-order valence-electron chi connectivity index (χ1n) is 8.84. The normalized spacial score (nSPS) is 12.5. The van der Waals surface area contributed by atoms with Crippen molar-refractivity contribution in [3.05, 3.63) is 131 Å². The van der Waals surface area contributed by atoms with Crippen LogP contribution in [0.25, 0.3) is 0 Å². The van der Waals surface area contributed by atoms with Crippen LogP contribution in [-0.2, 0) is 17.0 Å². The maximum atomic E-state index is 4.89. The number of hydrogen-bond donors (Lipinski definition) is 0. The van der Waals surface area contributed by atoms with Crippen LogP contribution in [0.1, 0.15) is 34.1 Å². The van der Waals surface area contributed by atoms with Crippen molar-refractivity contribution in [1.29, 1.82) is 0 Å². The van der Waals surface area contributed by atoms with E-state index in [1.165, 1.54) is 22.3 Å². The topological polar surface area (TPSA) is 0 Å². The molecule has 0 saturated heterocycles. The van der Waals surface area contributed by atoms with Crippen LogP contribution < -0.4 is 0 Å². The summed E-state index contributed by atoms with van der Waals surface area (Å²) in [5.74, 6) is 0.622. The third-order valence-corrected chi connectivity index (χ3v) is 4.75. The van der Waals surface area contributed by atoms with Crippen molar-refractivity contribution in [2.45, 2.75) is 11.8 Å². The first-order chi connectivity index (χ1) is 13.3. The van der Waals surface area contributed by atoms with Gasteiger partial charge in [0.25, 0.3) is 0 Å². The molecule has 4 aromatic carbocycles. The zero-order valence-electron chi connectivity index (χ0n) is 14.8. The second-order valence-corrected chi connectivity index (χ2v) is 8.86. The van der Waals surface area contributed by atoms with Crippen LogP contribution in [0.2, 0.25) is 0 Å². The summed E-state index contributed by atoms with van der Waals surface area (Å²) >= 11 is -0.556. The van der Waals surface area contributed by atoms with E-state index >= 15 is 0 Å². The van der Waals surface area contributed by atoms with Gasteiger partial charge in [-0.05, 0) is 0 Å². The second kappa shape index (κ2) is 10.7. The Morgan fingerprint density at radius 2 is 1.11 bits per heavy atom. The van der Waals surface area contributed by atoms with Crippen LogP contribution in [0, 0.1) is 0 Å². The molecule has 27 heavy (non-hydrogen) atoms. The van der Waals surface area contributed by atoms with Crippen LogP contribution in [0.15, 0.2) is 109 Å². The van der Waals surface area contributed by atoms with Gasteiger partial charge in [-0.25, -0.2) is 12.1 Å². The minimum absolute atomic E-state index is 0.311. The molecule has 4 rings (SSSR count). The SMILES string of the molecule is [Cl][Ti][Cl].c1ccc(C([c-]2cccc2)C(c2ccccc2)[c-]2[cH-][cH-][cH-][cH-]2)cc1. The molecular weight excluding hydrogens is 407 g/mol. The molecule has 0 N–H and O–H groups in total. The van der Waals surface area contributed by atoms with E-state index < -0.39 is 17.0 Å². The summed E-state index contributed by atoms with van der Waals surface area (Å²) in [4.78, 5) is 0. The Bertz CT molecular complexity index is 793. The van der Waals surface area contributed by atoms with E-state index in [0.717, 1.165) is 0 Å². The fraction of sp³-hybridized carbons (Fsp3) is 0.0833. The molecule has 0 nitrogen and oxygen atoms in total. The molecule has 0 bridgehead atoms. The Morgan fingerprint density at radius 1 is 0.667 bits per heavy atom. The Balaban J connectivity index is 0.000000659. The minimum Gasteiger partial charge on any atom is -0.748 e. The Kier molecular flexibility index (Phi) is 7.99. The zero-order chi connectivity index (χ0) is 18.9. The van der Waals surface area contributed by atoms with Crippen molar-refractivity contribution >= 4 is 18.6 Å². The third kappa shape index (κ3) is 5.24. The van der Waals surface area contributed by atoms with Gasteiger partial charge >= 0.3 is 35.6 Å². The molecule has 0 spiro atoms. The molecule has 140 valence electrons. The molecule has 0 heterocycles. The summed E-state index contributed by atoms with van der Waals surface area (Å²) < 4.78 is 0. The molecule has 0 aliphatic carbocycles. The summed E-state index contributed by atoms with van der Waals surface area (Å²) in [7, 11) is 9.78. The number of rotatable bonds is 5. The van der Waals surface area contributed by atoms with E-state index in [1.807, 2.05) is 0 Å². The van der Waals surface area contributed by atoms with E-state index in [0.29, 0.717) is 11.8 Å². The van der Waals surface area contributed by atoms with Crippen molar-refractivity contribution in [3.63, 3.8) is 0 Å². The molecule has 2 unspecified atom stereocenters. The van der Waals surface area contributed by atoms with Gasteiger partial charge in [0.15, 0.2) is 0 Å². The predicted molar refractivity (Wildman–Crippen MR) is 112 cm³/mol. The third-order valence-electron chi connectivity index (χ3n) is 4.75. The molecule has 0 radical (unpaired) electrons. The van der Waals surface area contributed by atoms with Crippen LogP contribution >= 0.6 is 18.6 Å². The molecule has 0 amide bonds. The Labute approximate surface area is 178 Å². The van der Waals surface area contributed by atoms with Gasteiger partial charge in [-0.15, -0.1) is 0 Å². The number of halogens is 2. The molecular formula is C24H20Cl2Ti-6. The van der Waals surface area contributed by atoms with Crippen molar-refractivity contribution in [3.8, 4) is 0 Å². The van der Waals surface area contributed by atoms with E-state index in [-0.39, 0.29) is 0 Å². The Morgan fingerprint density at radius 3 is 1.59 bits per heavy atom. The van der Waals surface area contributed by atoms with Gasteiger partial charge in [0.1, 0.15) is 0 Å². The molecule has 0 saturated carbocycles. The molecule has 2 atom stereocenters. The van der Waals surface area contributed by atoms with Gasteiger partial charge in [-0.2, -0.15) is 23.6 Å². The van der Waals surface area contributed by atoms with Crippen LogP contribution in [0.5, 0.6) is 0 Å². The van der Waals surface area contributed by atoms with E-state index in [4.69, 9.17) is 18.6 Å². The average Bonchev–Trinajstić information content (AvgIpc) is 3.42. The molecule has 0 aromatic heterocycles. The number of hydrogen-bond acceptors (Lipinski definition) is 0. The summed E-state index contributed by atoms with van der Waals surface area (Å²) in [6, 6.07) is 39.2. The van der Waals surface area contributed by atoms with E-state index in [9.17, 15) is 0 Å².